The van der Waals surface area contributed by atoms with Crippen molar-refractivity contribution in [2.45, 2.75) is 25.3 Å². The highest BCUT2D eigenvalue weighted by Crippen LogP contribution is 2.20. The monoisotopic (exact) mass is 229 g/mol. The summed E-state index contributed by atoms with van der Waals surface area (Å²) in [5.41, 5.74) is 11.0. The maximum atomic E-state index is 10.8. The maximum absolute atomic E-state index is 10.8. The van der Waals surface area contributed by atoms with Gasteiger partial charge in [0.25, 0.3) is 0 Å². The van der Waals surface area contributed by atoms with Gasteiger partial charge in [0.1, 0.15) is 0 Å². The molecule has 0 aromatic heterocycles. The van der Waals surface area contributed by atoms with Crippen LogP contribution in [0.25, 0.3) is 0 Å². The summed E-state index contributed by atoms with van der Waals surface area (Å²) in [5.74, 6) is -0.911. The Labute approximate surface area is 94.6 Å². The predicted molar refractivity (Wildman–Crippen MR) is 58.6 cm³/mol. The fourth-order valence-electron chi connectivity index (χ4n) is 2.23. The Morgan fingerprint density at radius 1 is 1.38 bits per heavy atom. The van der Waals surface area contributed by atoms with Crippen molar-refractivity contribution in [2.75, 3.05) is 19.6 Å². The number of carbonyl (C=O) groups is 2. The van der Waals surface area contributed by atoms with Gasteiger partial charge < -0.3 is 16.6 Å². The van der Waals surface area contributed by atoms with Crippen LogP contribution in [-0.2, 0) is 9.59 Å². The average Bonchev–Trinajstić information content (AvgIpc) is 2.12. The summed E-state index contributed by atoms with van der Waals surface area (Å²) in [5, 5.41) is 8.60. The molecule has 0 bridgehead atoms. The Bertz CT molecular complexity index is 270. The first-order valence-electron chi connectivity index (χ1n) is 5.45. The molecule has 1 rings (SSSR count). The van der Waals surface area contributed by atoms with E-state index in [0.717, 1.165) is 6.42 Å². The van der Waals surface area contributed by atoms with Gasteiger partial charge in [0.15, 0.2) is 0 Å². The smallest absolute Gasteiger partial charge is 0.303 e. The number of piperidine rings is 1. The number of aliphatic carboxylic acids is 1. The molecule has 6 nitrogen and oxygen atoms in total. The van der Waals surface area contributed by atoms with Gasteiger partial charge in [0.2, 0.25) is 5.91 Å². The van der Waals surface area contributed by atoms with Gasteiger partial charge in [0.05, 0.1) is 6.54 Å². The molecule has 0 aliphatic carbocycles. The van der Waals surface area contributed by atoms with Gasteiger partial charge in [-0.25, -0.2) is 0 Å². The molecule has 1 fully saturated rings. The van der Waals surface area contributed by atoms with Crippen LogP contribution < -0.4 is 11.5 Å². The Kier molecular flexibility index (Phi) is 4.70. The molecule has 2 atom stereocenters. The molecule has 1 saturated heterocycles. The first-order chi connectivity index (χ1) is 7.47. The second kappa shape index (κ2) is 5.81. The SMILES string of the molecule is NC(=O)CN1CC(N)CC(CCC(=O)O)C1. The van der Waals surface area contributed by atoms with Crippen molar-refractivity contribution in [3.8, 4) is 0 Å². The quantitative estimate of drug-likeness (QED) is 0.559. The van der Waals surface area contributed by atoms with E-state index in [4.69, 9.17) is 16.6 Å². The van der Waals surface area contributed by atoms with Gasteiger partial charge in [-0.15, -0.1) is 0 Å². The number of primary amides is 1. The number of hydrogen-bond donors (Lipinski definition) is 3. The number of nitrogens with zero attached hydrogens (tertiary/aromatic N) is 1. The minimum atomic E-state index is -0.791. The number of hydrogen-bond acceptors (Lipinski definition) is 4. The molecule has 1 aliphatic rings. The lowest BCUT2D eigenvalue weighted by molar-refractivity contribution is -0.137. The van der Waals surface area contributed by atoms with Gasteiger partial charge in [-0.3, -0.25) is 14.5 Å². The number of carboxylic acid groups (broad SMARTS) is 1. The Morgan fingerprint density at radius 3 is 2.62 bits per heavy atom. The van der Waals surface area contributed by atoms with Crippen LogP contribution in [0.3, 0.4) is 0 Å². The van der Waals surface area contributed by atoms with Crippen molar-refractivity contribution in [3.63, 3.8) is 0 Å². The molecule has 0 radical (unpaired) electrons. The largest absolute Gasteiger partial charge is 0.481 e. The standard InChI is InChI=1S/C10H19N3O3/c11-8-3-7(1-2-10(15)16)4-13(5-8)6-9(12)14/h7-8H,1-6,11H2,(H2,12,14)(H,15,16). The number of amides is 1. The number of likely N-dealkylation sites (tertiary alicyclic amines) is 1. The molecule has 6 heteroatoms. The van der Waals surface area contributed by atoms with Crippen LogP contribution in [0.15, 0.2) is 0 Å². The van der Waals surface area contributed by atoms with Crippen molar-refractivity contribution in [1.82, 2.24) is 4.90 Å². The van der Waals surface area contributed by atoms with Crippen LogP contribution >= 0.6 is 0 Å². The van der Waals surface area contributed by atoms with E-state index in [-0.39, 0.29) is 30.8 Å². The van der Waals surface area contributed by atoms with E-state index in [1.165, 1.54) is 0 Å². The van der Waals surface area contributed by atoms with E-state index in [1.54, 1.807) is 0 Å². The van der Waals surface area contributed by atoms with E-state index in [9.17, 15) is 9.59 Å². The third-order valence-electron chi connectivity index (χ3n) is 2.79. The number of carbonyl (C=O) groups excluding carboxylic acids is 1. The highest BCUT2D eigenvalue weighted by atomic mass is 16.4. The van der Waals surface area contributed by atoms with Crippen LogP contribution in [0.2, 0.25) is 0 Å². The molecule has 16 heavy (non-hydrogen) atoms. The van der Waals surface area contributed by atoms with E-state index in [2.05, 4.69) is 0 Å². The first-order valence-corrected chi connectivity index (χ1v) is 5.45. The van der Waals surface area contributed by atoms with E-state index >= 15 is 0 Å². The fraction of sp³-hybridized carbons (Fsp3) is 0.800. The second-order valence-electron chi connectivity index (χ2n) is 4.45. The third kappa shape index (κ3) is 4.59. The van der Waals surface area contributed by atoms with E-state index in [1.807, 2.05) is 4.90 Å². The van der Waals surface area contributed by atoms with Crippen LogP contribution in [-0.4, -0.2) is 47.6 Å². The van der Waals surface area contributed by atoms with Gasteiger partial charge in [0, 0.05) is 25.6 Å². The zero-order valence-corrected chi connectivity index (χ0v) is 9.26. The lowest BCUT2D eigenvalue weighted by Crippen LogP contribution is -2.49. The van der Waals surface area contributed by atoms with Crippen LogP contribution in [0.5, 0.6) is 0 Å². The summed E-state index contributed by atoms with van der Waals surface area (Å²) < 4.78 is 0. The molecular weight excluding hydrogens is 210 g/mol. The number of carboxylic acids is 1. The first kappa shape index (κ1) is 12.9. The lowest BCUT2D eigenvalue weighted by atomic mass is 9.91. The zero-order valence-electron chi connectivity index (χ0n) is 9.26. The lowest BCUT2D eigenvalue weighted by Gasteiger charge is -2.35. The van der Waals surface area contributed by atoms with E-state index in [0.29, 0.717) is 19.5 Å². The third-order valence-corrected chi connectivity index (χ3v) is 2.79. The van der Waals surface area contributed by atoms with Crippen molar-refractivity contribution in [1.29, 1.82) is 0 Å². The predicted octanol–water partition coefficient (Wildman–Crippen LogP) is -1.01. The molecule has 5 N–H and O–H groups in total. The van der Waals surface area contributed by atoms with Crippen LogP contribution in [0, 0.1) is 5.92 Å². The highest BCUT2D eigenvalue weighted by Gasteiger charge is 2.25. The molecule has 1 aliphatic heterocycles. The average molecular weight is 229 g/mol. The summed E-state index contributed by atoms with van der Waals surface area (Å²) >= 11 is 0. The second-order valence-corrected chi connectivity index (χ2v) is 4.45. The molecule has 1 amide bonds. The summed E-state index contributed by atoms with van der Waals surface area (Å²) in [6.07, 6.45) is 1.59. The van der Waals surface area contributed by atoms with Crippen molar-refractivity contribution < 1.29 is 14.7 Å². The summed E-state index contributed by atoms with van der Waals surface area (Å²) in [6.45, 7) is 1.58. The van der Waals surface area contributed by atoms with Gasteiger partial charge in [-0.05, 0) is 18.8 Å². The normalized spacial score (nSPS) is 26.6. The van der Waals surface area contributed by atoms with Gasteiger partial charge >= 0.3 is 5.97 Å². The molecule has 0 spiro atoms. The van der Waals surface area contributed by atoms with Crippen LogP contribution in [0.1, 0.15) is 19.3 Å². The Balaban J connectivity index is 2.40. The molecule has 0 aromatic carbocycles. The minimum absolute atomic E-state index is 0.00638. The summed E-state index contributed by atoms with van der Waals surface area (Å²) in [4.78, 5) is 23.2. The van der Waals surface area contributed by atoms with E-state index < -0.39 is 5.97 Å². The summed E-state index contributed by atoms with van der Waals surface area (Å²) in [6, 6.07) is 0.00638. The minimum Gasteiger partial charge on any atom is -0.481 e. The topological polar surface area (TPSA) is 110 Å². The molecule has 92 valence electrons. The van der Waals surface area contributed by atoms with Crippen molar-refractivity contribution in [3.05, 3.63) is 0 Å². The number of nitrogens with two attached hydrogens (primary N) is 2. The zero-order chi connectivity index (χ0) is 12.1. The molecule has 1 heterocycles. The maximum Gasteiger partial charge on any atom is 0.303 e. The van der Waals surface area contributed by atoms with Crippen molar-refractivity contribution >= 4 is 11.9 Å². The van der Waals surface area contributed by atoms with Crippen LogP contribution in [0.4, 0.5) is 0 Å². The van der Waals surface area contributed by atoms with Gasteiger partial charge in [-0.2, -0.15) is 0 Å². The number of rotatable bonds is 5. The van der Waals surface area contributed by atoms with Gasteiger partial charge in [-0.1, -0.05) is 0 Å². The Hall–Kier alpha value is -1.14. The Morgan fingerprint density at radius 2 is 2.06 bits per heavy atom. The molecule has 0 saturated carbocycles. The summed E-state index contributed by atoms with van der Waals surface area (Å²) in [7, 11) is 0. The fourth-order valence-corrected chi connectivity index (χ4v) is 2.23. The molecular formula is C10H19N3O3. The molecule has 2 unspecified atom stereocenters. The highest BCUT2D eigenvalue weighted by molar-refractivity contribution is 5.75. The molecule has 0 aromatic rings. The van der Waals surface area contributed by atoms with Crippen molar-refractivity contribution in [2.24, 2.45) is 17.4 Å².